The molecule has 0 saturated carbocycles. The SMILES string of the molecule is CC(CN(Cc1ccccn1)Cc1ccccn1)SSC(C)CN(Cc1ccccn1)Cc1ccccn1.CC(CN(Cc1ccccn1)Cc1ccccn1)SSC(C)CN(Cc1ccccn1)Cc1ccccn1.F[B-](F)(F)F.F[B-](F)(F)F.F[B-](F)(F)F.F[B-](F)(F)F.[Cl][Cu+].[Cl][Cu+].[Cl][Cu+].[Cl][Cu+]. The van der Waals surface area contributed by atoms with Crippen molar-refractivity contribution in [2.75, 3.05) is 26.2 Å². The molecule has 8 aromatic rings. The molecule has 0 bridgehead atoms. The molecule has 8 aromatic heterocycles. The number of aromatic nitrogens is 8. The van der Waals surface area contributed by atoms with E-state index in [0.717, 1.165) is 124 Å². The van der Waals surface area contributed by atoms with Gasteiger partial charge in [0.25, 0.3) is 0 Å². The molecule has 0 spiro atoms. The van der Waals surface area contributed by atoms with E-state index in [2.05, 4.69) is 285 Å². The third-order valence-electron chi connectivity index (χ3n) is 11.7. The average Bonchev–Trinajstić information content (AvgIpc) is 0.908. The summed E-state index contributed by atoms with van der Waals surface area (Å²) in [5, 5.41) is 1.81. The third-order valence-corrected chi connectivity index (χ3v) is 18.5. The van der Waals surface area contributed by atoms with Crippen LogP contribution in [0.1, 0.15) is 73.2 Å². The molecule has 0 amide bonds. The molecule has 44 heteroatoms. The van der Waals surface area contributed by atoms with E-state index in [0.29, 0.717) is 21.0 Å². The van der Waals surface area contributed by atoms with Gasteiger partial charge in [-0.25, -0.2) is 0 Å². The van der Waals surface area contributed by atoms with Crippen molar-refractivity contribution in [3.05, 3.63) is 241 Å². The van der Waals surface area contributed by atoms with E-state index in [9.17, 15) is 69.1 Å². The van der Waals surface area contributed by atoms with Crippen molar-refractivity contribution < 1.29 is 129 Å². The van der Waals surface area contributed by atoms with Crippen LogP contribution >= 0.6 is 83.6 Å². The van der Waals surface area contributed by atoms with E-state index < -0.39 is 29.0 Å². The van der Waals surface area contributed by atoms with Crippen LogP contribution in [-0.4, -0.2) is 136 Å². The van der Waals surface area contributed by atoms with Crippen LogP contribution in [0.3, 0.4) is 0 Å². The fraction of sp³-hybridized carbons (Fsp3) is 0.333. The van der Waals surface area contributed by atoms with Crippen molar-refractivity contribution >= 4 is 113 Å². The number of halogens is 20. The van der Waals surface area contributed by atoms with Gasteiger partial charge in [0.1, 0.15) is 0 Å². The van der Waals surface area contributed by atoms with Crippen molar-refractivity contribution in [3.8, 4) is 0 Å². The van der Waals surface area contributed by atoms with E-state index in [1.165, 1.54) is 0 Å². The van der Waals surface area contributed by atoms with Crippen LogP contribution in [0.5, 0.6) is 0 Å². The Hall–Kier alpha value is -3.18. The van der Waals surface area contributed by atoms with Crippen LogP contribution in [0.4, 0.5) is 69.1 Å². The van der Waals surface area contributed by atoms with Gasteiger partial charge in [0, 0.05) is 149 Å². The zero-order chi connectivity index (χ0) is 78.8. The van der Waals surface area contributed by atoms with E-state index in [-0.39, 0.29) is 0 Å². The van der Waals surface area contributed by atoms with Crippen LogP contribution < -0.4 is 0 Å². The molecule has 104 heavy (non-hydrogen) atoms. The minimum absolute atomic E-state index is 0.454. The van der Waals surface area contributed by atoms with Crippen LogP contribution in [0.15, 0.2) is 195 Å². The molecular formula is C60H72B4Cl4Cu4F16N12S4. The fourth-order valence-corrected chi connectivity index (χ4v) is 13.3. The van der Waals surface area contributed by atoms with Crippen molar-refractivity contribution in [2.45, 2.75) is 101 Å². The van der Waals surface area contributed by atoms with Gasteiger partial charge in [0.2, 0.25) is 0 Å². The fourth-order valence-electron chi connectivity index (χ4n) is 8.46. The molecule has 0 aliphatic heterocycles. The Morgan fingerprint density at radius 2 is 0.356 bits per heavy atom. The Labute approximate surface area is 663 Å². The summed E-state index contributed by atoms with van der Waals surface area (Å²) in [6.07, 6.45) is 14.9. The quantitative estimate of drug-likeness (QED) is 0.0241. The summed E-state index contributed by atoms with van der Waals surface area (Å²) in [4.78, 5) is 46.2. The molecule has 8 rings (SSSR count). The summed E-state index contributed by atoms with van der Waals surface area (Å²) >= 11 is 14.6. The molecule has 0 radical (unpaired) electrons. The summed E-state index contributed by atoms with van der Waals surface area (Å²) < 4.78 is 156. The van der Waals surface area contributed by atoms with Crippen molar-refractivity contribution in [1.29, 1.82) is 0 Å². The minimum atomic E-state index is -6.00. The standard InChI is InChI=1S/2C30H36N6S2.4BF4.4ClH.4Cu/c2*1-25(19-35(21-27-11-3-7-15-31-27)22-28-12-4-8-16-32-28)37-38-26(2)20-36(23-29-13-5-9-17-33-29)24-30-14-6-10-18-34-30;4*2-1(3,4)5;;;;;;;;/h2*3-18,25-26H,19-24H2,1-2H3;;;;;4*1H;;;;/q;;4*-1;;;;;4*+2/p-4. The molecule has 12 nitrogen and oxygen atoms in total. The first-order chi connectivity index (χ1) is 49.3. The maximum absolute atomic E-state index is 9.75. The Balaban J connectivity index is 0. The predicted molar refractivity (Wildman–Crippen MR) is 383 cm³/mol. The molecule has 8 heterocycles. The van der Waals surface area contributed by atoms with Crippen molar-refractivity contribution in [2.24, 2.45) is 0 Å². The first-order valence-electron chi connectivity index (χ1n) is 30.0. The summed E-state index contributed by atoms with van der Waals surface area (Å²) in [6.45, 7) is 19.6. The van der Waals surface area contributed by atoms with E-state index in [1.54, 1.807) is 0 Å². The Morgan fingerprint density at radius 3 is 0.442 bits per heavy atom. The molecule has 0 fully saturated rings. The summed E-state index contributed by atoms with van der Waals surface area (Å²) in [7, 11) is 0.665. The summed E-state index contributed by atoms with van der Waals surface area (Å²) in [5.41, 5.74) is 8.68. The average molecular weight is 1830 g/mol. The van der Waals surface area contributed by atoms with Gasteiger partial charge in [-0.1, -0.05) is 119 Å². The normalized spacial score (nSPS) is 12.1. The van der Waals surface area contributed by atoms with E-state index >= 15 is 0 Å². The van der Waals surface area contributed by atoms with Gasteiger partial charge in [-0.3, -0.25) is 59.5 Å². The zero-order valence-corrected chi connectivity index (χ0v) is 65.4. The topological polar surface area (TPSA) is 116 Å². The monoisotopic (exact) mass is 1830 g/mol. The first-order valence-corrected chi connectivity index (χ1v) is 39.7. The first kappa shape index (κ1) is 103. The van der Waals surface area contributed by atoms with Gasteiger partial charge in [-0.2, -0.15) is 0 Å². The van der Waals surface area contributed by atoms with Gasteiger partial charge >= 0.3 is 130 Å². The van der Waals surface area contributed by atoms with Gasteiger partial charge in [0.15, 0.2) is 0 Å². The Bertz CT molecular complexity index is 2630. The second-order valence-corrected chi connectivity index (χ2v) is 27.2. The molecule has 0 aliphatic rings. The van der Waals surface area contributed by atoms with Gasteiger partial charge in [0.05, 0.1) is 45.6 Å². The predicted octanol–water partition coefficient (Wildman–Crippen LogP) is 20.2. The van der Waals surface area contributed by atoms with E-state index in [4.69, 9.17) is 0 Å². The summed E-state index contributed by atoms with van der Waals surface area (Å²) in [5.74, 6) is 0. The number of nitrogens with zero attached hydrogens (tertiary/aromatic N) is 12. The number of pyridine rings is 8. The molecule has 0 saturated heterocycles. The second-order valence-electron chi connectivity index (χ2n) is 20.9. The number of hydrogen-bond donors (Lipinski definition) is 0. The van der Waals surface area contributed by atoms with Crippen LogP contribution in [-0.2, 0) is 113 Å². The van der Waals surface area contributed by atoms with Crippen molar-refractivity contribution in [1.82, 2.24) is 59.5 Å². The molecule has 0 aromatic carbocycles. The second kappa shape index (κ2) is 62.6. The van der Waals surface area contributed by atoms with Crippen LogP contribution in [0, 0.1) is 0 Å². The zero-order valence-electron chi connectivity index (χ0n) is 55.3. The molecule has 4 unspecified atom stereocenters. The molecule has 0 aliphatic carbocycles. The van der Waals surface area contributed by atoms with Crippen LogP contribution in [0.2, 0.25) is 0 Å². The summed E-state index contributed by atoms with van der Waals surface area (Å²) in [6, 6.07) is 48.9. The van der Waals surface area contributed by atoms with Gasteiger partial charge < -0.3 is 69.1 Å². The third kappa shape index (κ3) is 67.0. The Kier molecular flexibility index (Phi) is 61.9. The van der Waals surface area contributed by atoms with Crippen LogP contribution in [0.25, 0.3) is 0 Å². The molecule has 0 N–H and O–H groups in total. The molecule has 592 valence electrons. The van der Waals surface area contributed by atoms with E-state index in [1.807, 2.05) is 141 Å². The number of rotatable bonds is 30. The van der Waals surface area contributed by atoms with Gasteiger partial charge in [-0.15, -0.1) is 0 Å². The van der Waals surface area contributed by atoms with Crippen molar-refractivity contribution in [3.63, 3.8) is 0 Å². The van der Waals surface area contributed by atoms with Gasteiger partial charge in [-0.05, 0) is 97.1 Å². The Morgan fingerprint density at radius 1 is 0.250 bits per heavy atom. The maximum atomic E-state index is 9.75. The molecule has 4 atom stereocenters. The number of hydrogen-bond acceptors (Lipinski definition) is 16. The molecular weight excluding hydrogens is 1760 g/mol.